The largest absolute Gasteiger partial charge is 0.326 e. The van der Waals surface area contributed by atoms with E-state index in [2.05, 4.69) is 11.4 Å². The van der Waals surface area contributed by atoms with Gasteiger partial charge in [-0.15, -0.1) is 0 Å². The smallest absolute Gasteiger partial charge is 0.230 e. The number of fused-ring (bicyclic) bond motifs is 1. The third-order valence-corrected chi connectivity index (χ3v) is 7.14. The SMILES string of the molecule is CC(=O)N1CCc2ccc(NC(=O)C34CC5CC(CC(C5)C3)C4)cc21. The summed E-state index contributed by atoms with van der Waals surface area (Å²) in [7, 11) is 0. The average Bonchev–Trinajstić information content (AvgIpc) is 2.97. The Morgan fingerprint density at radius 3 is 2.32 bits per heavy atom. The Bertz CT molecular complexity index is 719. The Morgan fingerprint density at radius 1 is 1.08 bits per heavy atom. The molecule has 5 aliphatic rings. The number of amides is 2. The zero-order chi connectivity index (χ0) is 17.2. The number of rotatable bonds is 2. The normalized spacial score (nSPS) is 34.9. The van der Waals surface area contributed by atoms with Gasteiger partial charge in [-0.3, -0.25) is 9.59 Å². The Balaban J connectivity index is 1.38. The average molecular weight is 338 g/mol. The summed E-state index contributed by atoms with van der Waals surface area (Å²) in [5.74, 6) is 2.60. The maximum absolute atomic E-state index is 13.2. The van der Waals surface area contributed by atoms with Gasteiger partial charge >= 0.3 is 0 Å². The number of carbonyl (C=O) groups is 2. The van der Waals surface area contributed by atoms with Crippen molar-refractivity contribution < 1.29 is 9.59 Å². The van der Waals surface area contributed by atoms with Crippen LogP contribution < -0.4 is 10.2 Å². The van der Waals surface area contributed by atoms with E-state index < -0.39 is 0 Å². The molecule has 1 N–H and O–H groups in total. The second-order valence-corrected chi connectivity index (χ2v) is 8.92. The number of benzene rings is 1. The molecule has 6 rings (SSSR count). The third kappa shape index (κ3) is 2.41. The zero-order valence-electron chi connectivity index (χ0n) is 14.9. The fraction of sp³-hybridized carbons (Fsp3) is 0.619. The monoisotopic (exact) mass is 338 g/mol. The van der Waals surface area contributed by atoms with Gasteiger partial charge in [0.15, 0.2) is 0 Å². The summed E-state index contributed by atoms with van der Waals surface area (Å²) >= 11 is 0. The van der Waals surface area contributed by atoms with Crippen molar-refractivity contribution in [2.24, 2.45) is 23.2 Å². The minimum absolute atomic E-state index is 0.0725. The maximum Gasteiger partial charge on any atom is 0.230 e. The predicted octanol–water partition coefficient (Wildman–Crippen LogP) is 3.75. The standard InChI is InChI=1S/C21H26N2O2/c1-13(24)23-5-4-17-2-3-18(9-19(17)23)22-20(25)21-10-14-6-15(11-21)8-16(7-14)12-21/h2-3,9,14-16H,4-8,10-12H2,1H3,(H,22,25). The minimum atomic E-state index is -0.131. The molecule has 0 atom stereocenters. The molecule has 1 heterocycles. The number of hydrogen-bond acceptors (Lipinski definition) is 2. The van der Waals surface area contributed by atoms with Gasteiger partial charge in [0.2, 0.25) is 11.8 Å². The summed E-state index contributed by atoms with van der Waals surface area (Å²) in [6, 6.07) is 6.05. The van der Waals surface area contributed by atoms with Crippen LogP contribution in [0.25, 0.3) is 0 Å². The van der Waals surface area contributed by atoms with Crippen LogP contribution in [0.15, 0.2) is 18.2 Å². The maximum atomic E-state index is 13.2. The molecule has 4 fully saturated rings. The molecule has 2 amide bonds. The summed E-state index contributed by atoms with van der Waals surface area (Å²) in [6.07, 6.45) is 8.18. The molecule has 1 aliphatic heterocycles. The molecule has 4 saturated carbocycles. The summed E-state index contributed by atoms with van der Waals surface area (Å²) < 4.78 is 0. The van der Waals surface area contributed by atoms with Crippen LogP contribution in [-0.4, -0.2) is 18.4 Å². The van der Waals surface area contributed by atoms with E-state index in [4.69, 9.17) is 0 Å². The van der Waals surface area contributed by atoms with Crippen molar-refractivity contribution in [2.45, 2.75) is 51.9 Å². The van der Waals surface area contributed by atoms with Gasteiger partial charge < -0.3 is 10.2 Å². The van der Waals surface area contributed by atoms with Gasteiger partial charge in [0.1, 0.15) is 0 Å². The number of nitrogens with zero attached hydrogens (tertiary/aromatic N) is 1. The van der Waals surface area contributed by atoms with E-state index in [1.807, 2.05) is 17.0 Å². The lowest BCUT2D eigenvalue weighted by Gasteiger charge is -2.55. The van der Waals surface area contributed by atoms with Gasteiger partial charge in [0, 0.05) is 24.8 Å². The number of carbonyl (C=O) groups excluding carboxylic acids is 2. The van der Waals surface area contributed by atoms with Gasteiger partial charge in [-0.2, -0.15) is 0 Å². The highest BCUT2D eigenvalue weighted by molar-refractivity contribution is 5.98. The molecular weight excluding hydrogens is 312 g/mol. The Labute approximate surface area is 149 Å². The molecule has 1 aromatic carbocycles. The molecule has 0 radical (unpaired) electrons. The van der Waals surface area contributed by atoms with Crippen LogP contribution in [0.1, 0.15) is 51.0 Å². The fourth-order valence-electron chi connectivity index (χ4n) is 6.44. The molecule has 0 spiro atoms. The van der Waals surface area contributed by atoms with E-state index in [1.54, 1.807) is 6.92 Å². The van der Waals surface area contributed by atoms with Crippen LogP contribution in [-0.2, 0) is 16.0 Å². The molecule has 132 valence electrons. The van der Waals surface area contributed by atoms with Crippen LogP contribution in [0.4, 0.5) is 11.4 Å². The highest BCUT2D eigenvalue weighted by Gasteiger charge is 2.54. The van der Waals surface area contributed by atoms with Crippen LogP contribution in [0.2, 0.25) is 0 Å². The van der Waals surface area contributed by atoms with Crippen LogP contribution in [0.3, 0.4) is 0 Å². The van der Waals surface area contributed by atoms with E-state index in [-0.39, 0.29) is 17.2 Å². The fourth-order valence-corrected chi connectivity index (χ4v) is 6.44. The number of hydrogen-bond donors (Lipinski definition) is 1. The summed E-state index contributed by atoms with van der Waals surface area (Å²) in [5.41, 5.74) is 2.88. The van der Waals surface area contributed by atoms with Crippen molar-refractivity contribution in [3.8, 4) is 0 Å². The van der Waals surface area contributed by atoms with Crippen LogP contribution >= 0.6 is 0 Å². The van der Waals surface area contributed by atoms with E-state index in [0.29, 0.717) is 0 Å². The third-order valence-electron chi connectivity index (χ3n) is 7.14. The Morgan fingerprint density at radius 2 is 1.72 bits per heavy atom. The number of nitrogens with one attached hydrogen (secondary N) is 1. The van der Waals surface area contributed by atoms with Crippen molar-refractivity contribution in [1.29, 1.82) is 0 Å². The molecule has 25 heavy (non-hydrogen) atoms. The Hall–Kier alpha value is -1.84. The summed E-state index contributed by atoms with van der Waals surface area (Å²) in [5, 5.41) is 3.21. The molecule has 4 aliphatic carbocycles. The van der Waals surface area contributed by atoms with Gasteiger partial charge in [-0.05, 0) is 80.4 Å². The van der Waals surface area contributed by atoms with Crippen molar-refractivity contribution in [2.75, 3.05) is 16.8 Å². The molecule has 4 bridgehead atoms. The van der Waals surface area contributed by atoms with Gasteiger partial charge in [-0.1, -0.05) is 6.07 Å². The van der Waals surface area contributed by atoms with Crippen LogP contribution in [0, 0.1) is 23.2 Å². The molecule has 4 nitrogen and oxygen atoms in total. The van der Waals surface area contributed by atoms with Gasteiger partial charge in [0.05, 0.1) is 5.41 Å². The lowest BCUT2D eigenvalue weighted by atomic mass is 9.49. The van der Waals surface area contributed by atoms with E-state index in [1.165, 1.54) is 24.8 Å². The molecule has 4 heteroatoms. The predicted molar refractivity (Wildman–Crippen MR) is 97.4 cm³/mol. The first kappa shape index (κ1) is 15.4. The second kappa shape index (κ2) is 5.33. The quantitative estimate of drug-likeness (QED) is 0.893. The zero-order valence-corrected chi connectivity index (χ0v) is 14.9. The summed E-state index contributed by atoms with van der Waals surface area (Å²) in [6.45, 7) is 2.35. The highest BCUT2D eigenvalue weighted by Crippen LogP contribution is 2.60. The first-order valence-corrected chi connectivity index (χ1v) is 9.75. The molecule has 0 saturated heterocycles. The molecular formula is C21H26N2O2. The van der Waals surface area contributed by atoms with Crippen molar-refractivity contribution in [1.82, 2.24) is 0 Å². The van der Waals surface area contributed by atoms with Gasteiger partial charge in [0.25, 0.3) is 0 Å². The molecule has 1 aromatic rings. The number of anilines is 2. The van der Waals surface area contributed by atoms with Crippen LogP contribution in [0.5, 0.6) is 0 Å². The van der Waals surface area contributed by atoms with E-state index in [0.717, 1.165) is 61.4 Å². The second-order valence-electron chi connectivity index (χ2n) is 8.92. The summed E-state index contributed by atoms with van der Waals surface area (Å²) in [4.78, 5) is 26.8. The minimum Gasteiger partial charge on any atom is -0.326 e. The molecule has 0 unspecified atom stereocenters. The highest BCUT2D eigenvalue weighted by atomic mass is 16.2. The van der Waals surface area contributed by atoms with Crippen molar-refractivity contribution in [3.63, 3.8) is 0 Å². The first-order valence-electron chi connectivity index (χ1n) is 9.75. The lowest BCUT2D eigenvalue weighted by molar-refractivity contribution is -0.140. The topological polar surface area (TPSA) is 49.4 Å². The van der Waals surface area contributed by atoms with Crippen molar-refractivity contribution in [3.05, 3.63) is 23.8 Å². The van der Waals surface area contributed by atoms with Crippen molar-refractivity contribution >= 4 is 23.2 Å². The Kier molecular flexibility index (Phi) is 3.28. The molecule has 0 aromatic heterocycles. The lowest BCUT2D eigenvalue weighted by Crippen LogP contribution is -2.51. The van der Waals surface area contributed by atoms with E-state index in [9.17, 15) is 9.59 Å². The first-order chi connectivity index (χ1) is 12.0. The van der Waals surface area contributed by atoms with Gasteiger partial charge in [-0.25, -0.2) is 0 Å². The van der Waals surface area contributed by atoms with E-state index >= 15 is 0 Å².